The fraction of sp³-hybridized carbons (Fsp3) is 0.714. The van der Waals surface area contributed by atoms with Crippen molar-refractivity contribution in [3.05, 3.63) is 22.2 Å². The van der Waals surface area contributed by atoms with Crippen LogP contribution in [0.4, 0.5) is 5.82 Å². The summed E-state index contributed by atoms with van der Waals surface area (Å²) in [5.74, 6) is 1.52. The van der Waals surface area contributed by atoms with Crippen LogP contribution in [0.1, 0.15) is 52.8 Å². The van der Waals surface area contributed by atoms with Gasteiger partial charge in [0.25, 0.3) is 5.56 Å². The number of aromatic nitrogens is 2. The van der Waals surface area contributed by atoms with Gasteiger partial charge in [-0.15, -0.1) is 0 Å². The summed E-state index contributed by atoms with van der Waals surface area (Å²) in [6.07, 6.45) is 0.842. The van der Waals surface area contributed by atoms with E-state index in [1.807, 2.05) is 13.8 Å². The molecule has 0 amide bonds. The van der Waals surface area contributed by atoms with Gasteiger partial charge in [-0.05, 0) is 18.4 Å². The monoisotopic (exact) mass is 266 g/mol. The second-order valence-corrected chi connectivity index (χ2v) is 6.31. The van der Waals surface area contributed by atoms with Gasteiger partial charge < -0.3 is 16.0 Å². The molecule has 0 aliphatic rings. The fourth-order valence-corrected chi connectivity index (χ4v) is 1.89. The maximum absolute atomic E-state index is 11.6. The molecule has 0 aromatic carbocycles. The SMILES string of the molecule is CC(C)c1nc(NC(CCN)C(C)(C)C)cc(=O)[nH]1. The van der Waals surface area contributed by atoms with Crippen LogP contribution in [-0.2, 0) is 0 Å². The molecule has 1 rings (SSSR count). The largest absolute Gasteiger partial charge is 0.367 e. The van der Waals surface area contributed by atoms with Crippen molar-refractivity contribution in [2.75, 3.05) is 11.9 Å². The maximum atomic E-state index is 11.6. The van der Waals surface area contributed by atoms with Crippen molar-refractivity contribution in [2.24, 2.45) is 11.1 Å². The van der Waals surface area contributed by atoms with Gasteiger partial charge in [-0.2, -0.15) is 0 Å². The Morgan fingerprint density at radius 3 is 2.53 bits per heavy atom. The molecular formula is C14H26N4O. The zero-order valence-electron chi connectivity index (χ0n) is 12.6. The minimum absolute atomic E-state index is 0.0572. The highest BCUT2D eigenvalue weighted by molar-refractivity contribution is 5.35. The van der Waals surface area contributed by atoms with E-state index in [4.69, 9.17) is 5.73 Å². The van der Waals surface area contributed by atoms with Crippen LogP contribution in [0.3, 0.4) is 0 Å². The van der Waals surface area contributed by atoms with E-state index < -0.39 is 0 Å². The van der Waals surface area contributed by atoms with E-state index >= 15 is 0 Å². The van der Waals surface area contributed by atoms with E-state index in [1.165, 1.54) is 6.07 Å². The first-order valence-corrected chi connectivity index (χ1v) is 6.82. The highest BCUT2D eigenvalue weighted by Gasteiger charge is 2.24. The average Bonchev–Trinajstić information content (AvgIpc) is 2.26. The average molecular weight is 266 g/mol. The van der Waals surface area contributed by atoms with Gasteiger partial charge >= 0.3 is 0 Å². The minimum atomic E-state index is -0.124. The summed E-state index contributed by atoms with van der Waals surface area (Å²) in [6.45, 7) is 11.1. The molecule has 5 heteroatoms. The van der Waals surface area contributed by atoms with Gasteiger partial charge in [-0.3, -0.25) is 4.79 Å². The smallest absolute Gasteiger partial charge is 0.252 e. The third-order valence-electron chi connectivity index (χ3n) is 3.13. The highest BCUT2D eigenvalue weighted by atomic mass is 16.1. The van der Waals surface area contributed by atoms with Gasteiger partial charge in [-0.25, -0.2) is 4.98 Å². The zero-order chi connectivity index (χ0) is 14.6. The van der Waals surface area contributed by atoms with E-state index in [0.717, 1.165) is 6.42 Å². The Morgan fingerprint density at radius 1 is 1.42 bits per heavy atom. The molecule has 1 aromatic heterocycles. The number of nitrogens with two attached hydrogens (primary N) is 1. The highest BCUT2D eigenvalue weighted by Crippen LogP contribution is 2.24. The quantitative estimate of drug-likeness (QED) is 0.761. The van der Waals surface area contributed by atoms with Crippen LogP contribution in [-0.4, -0.2) is 22.6 Å². The Labute approximate surface area is 115 Å². The van der Waals surface area contributed by atoms with Crippen molar-refractivity contribution < 1.29 is 0 Å². The summed E-state index contributed by atoms with van der Waals surface area (Å²) in [4.78, 5) is 18.9. The van der Waals surface area contributed by atoms with Crippen LogP contribution in [0.5, 0.6) is 0 Å². The topological polar surface area (TPSA) is 83.8 Å². The number of hydrogen-bond acceptors (Lipinski definition) is 4. The molecule has 0 radical (unpaired) electrons. The first kappa shape index (κ1) is 15.7. The first-order valence-electron chi connectivity index (χ1n) is 6.82. The van der Waals surface area contributed by atoms with Crippen molar-refractivity contribution in [3.8, 4) is 0 Å². The van der Waals surface area contributed by atoms with E-state index in [9.17, 15) is 4.79 Å². The molecule has 1 aromatic rings. The Balaban J connectivity index is 2.99. The van der Waals surface area contributed by atoms with Crippen LogP contribution in [0.25, 0.3) is 0 Å². The molecule has 0 aliphatic heterocycles. The summed E-state index contributed by atoms with van der Waals surface area (Å²) < 4.78 is 0. The number of nitrogens with zero attached hydrogens (tertiary/aromatic N) is 1. The van der Waals surface area contributed by atoms with Crippen LogP contribution >= 0.6 is 0 Å². The summed E-state index contributed by atoms with van der Waals surface area (Å²) in [7, 11) is 0. The first-order chi connectivity index (χ1) is 8.74. The zero-order valence-corrected chi connectivity index (χ0v) is 12.6. The Hall–Kier alpha value is -1.36. The predicted molar refractivity (Wildman–Crippen MR) is 79.5 cm³/mol. The standard InChI is InChI=1S/C14H26N4O/c1-9(2)13-17-11(8-12(19)18-13)16-10(6-7-15)14(3,4)5/h8-10H,6-7,15H2,1-5H3,(H2,16,17,18,19). The second kappa shape index (κ2) is 6.19. The fourth-order valence-electron chi connectivity index (χ4n) is 1.89. The van der Waals surface area contributed by atoms with Crippen molar-refractivity contribution in [3.63, 3.8) is 0 Å². The summed E-state index contributed by atoms with van der Waals surface area (Å²) in [6, 6.07) is 1.69. The van der Waals surface area contributed by atoms with E-state index in [2.05, 4.69) is 36.1 Å². The molecule has 0 saturated carbocycles. The number of rotatable bonds is 5. The summed E-state index contributed by atoms with van der Waals surface area (Å²) >= 11 is 0. The molecule has 108 valence electrons. The lowest BCUT2D eigenvalue weighted by molar-refractivity contribution is 0.328. The van der Waals surface area contributed by atoms with Gasteiger partial charge in [0.05, 0.1) is 0 Å². The van der Waals surface area contributed by atoms with Gasteiger partial charge in [0.1, 0.15) is 11.6 Å². The van der Waals surface area contributed by atoms with Crippen LogP contribution in [0, 0.1) is 5.41 Å². The maximum Gasteiger partial charge on any atom is 0.252 e. The van der Waals surface area contributed by atoms with Gasteiger partial charge in [0.15, 0.2) is 0 Å². The third kappa shape index (κ3) is 4.67. The molecule has 0 saturated heterocycles. The van der Waals surface area contributed by atoms with Crippen molar-refractivity contribution in [1.29, 1.82) is 0 Å². The molecule has 0 spiro atoms. The summed E-state index contributed by atoms with van der Waals surface area (Å²) in [5.41, 5.74) is 5.59. The Bertz CT molecular complexity index is 459. The van der Waals surface area contributed by atoms with Gasteiger partial charge in [-0.1, -0.05) is 34.6 Å². The van der Waals surface area contributed by atoms with Gasteiger partial charge in [0.2, 0.25) is 0 Å². The Kier molecular flexibility index (Phi) is 5.11. The number of anilines is 1. The molecule has 5 nitrogen and oxygen atoms in total. The molecule has 0 aliphatic carbocycles. The van der Waals surface area contributed by atoms with Crippen molar-refractivity contribution in [2.45, 2.75) is 53.0 Å². The van der Waals surface area contributed by atoms with Crippen LogP contribution < -0.4 is 16.6 Å². The number of H-pyrrole nitrogens is 1. The van der Waals surface area contributed by atoms with Crippen molar-refractivity contribution >= 4 is 5.82 Å². The number of hydrogen-bond donors (Lipinski definition) is 3. The minimum Gasteiger partial charge on any atom is -0.367 e. The molecule has 19 heavy (non-hydrogen) atoms. The molecular weight excluding hydrogens is 240 g/mol. The second-order valence-electron chi connectivity index (χ2n) is 6.31. The van der Waals surface area contributed by atoms with Crippen LogP contribution in [0.15, 0.2) is 10.9 Å². The van der Waals surface area contributed by atoms with E-state index in [0.29, 0.717) is 18.2 Å². The molecule has 0 fully saturated rings. The summed E-state index contributed by atoms with van der Waals surface area (Å²) in [5, 5.41) is 3.34. The lowest BCUT2D eigenvalue weighted by Gasteiger charge is -2.31. The van der Waals surface area contributed by atoms with Gasteiger partial charge in [0, 0.05) is 18.0 Å². The Morgan fingerprint density at radius 2 is 2.05 bits per heavy atom. The number of aromatic amines is 1. The number of nitrogens with one attached hydrogen (secondary N) is 2. The van der Waals surface area contributed by atoms with Crippen LogP contribution in [0.2, 0.25) is 0 Å². The lowest BCUT2D eigenvalue weighted by atomic mass is 9.85. The normalized spacial score (nSPS) is 13.6. The van der Waals surface area contributed by atoms with Crippen molar-refractivity contribution in [1.82, 2.24) is 9.97 Å². The molecule has 4 N–H and O–H groups in total. The van der Waals surface area contributed by atoms with E-state index in [-0.39, 0.29) is 22.9 Å². The van der Waals surface area contributed by atoms with E-state index in [1.54, 1.807) is 0 Å². The molecule has 1 atom stereocenters. The lowest BCUT2D eigenvalue weighted by Crippen LogP contribution is -2.36. The third-order valence-corrected chi connectivity index (χ3v) is 3.13. The molecule has 1 unspecified atom stereocenters. The molecule has 0 bridgehead atoms. The predicted octanol–water partition coefficient (Wildman–Crippen LogP) is 2.07. The molecule has 1 heterocycles.